The maximum atomic E-state index is 12.0. The summed E-state index contributed by atoms with van der Waals surface area (Å²) in [5.74, 6) is 0.290. The van der Waals surface area contributed by atoms with Crippen LogP contribution in [0.15, 0.2) is 18.2 Å². The van der Waals surface area contributed by atoms with Crippen molar-refractivity contribution in [2.24, 2.45) is 0 Å². The lowest BCUT2D eigenvalue weighted by atomic mass is 9.97. The van der Waals surface area contributed by atoms with E-state index in [0.29, 0.717) is 0 Å². The minimum absolute atomic E-state index is 0.113. The Bertz CT molecular complexity index is 446. The molecule has 1 aromatic rings. The van der Waals surface area contributed by atoms with Gasteiger partial charge in [-0.15, -0.1) is 0 Å². The number of likely N-dealkylation sites (N-methyl/N-ethyl adjacent to an activating group) is 1. The highest BCUT2D eigenvalue weighted by Crippen LogP contribution is 2.56. The molecule has 0 unspecified atom stereocenters. The van der Waals surface area contributed by atoms with Crippen LogP contribution in [0.5, 0.6) is 0 Å². The summed E-state index contributed by atoms with van der Waals surface area (Å²) in [7, 11) is 1.88. The van der Waals surface area contributed by atoms with Gasteiger partial charge in [0.2, 0.25) is 5.91 Å². The standard InChI is InChI=1S/C12H13NO.C3H8/c1-8-3-4-9-10(7-8)13(2)11(14)12(9)5-6-12;1-3-2/h3-4,7H,5-6H2,1-2H3;3H2,1-2H3. The normalized spacial score (nSPS) is 18.8. The van der Waals surface area contributed by atoms with Crippen LogP contribution >= 0.6 is 0 Å². The van der Waals surface area contributed by atoms with Gasteiger partial charge in [-0.3, -0.25) is 4.79 Å². The fraction of sp³-hybridized carbons (Fsp3) is 0.533. The van der Waals surface area contributed by atoms with Crippen LogP contribution < -0.4 is 4.90 Å². The summed E-state index contributed by atoms with van der Waals surface area (Å²) in [6, 6.07) is 6.34. The van der Waals surface area contributed by atoms with Crippen LogP contribution in [0.1, 0.15) is 44.2 Å². The molecule has 1 aromatic carbocycles. The number of anilines is 1. The molecule has 1 fully saturated rings. The topological polar surface area (TPSA) is 20.3 Å². The van der Waals surface area contributed by atoms with E-state index in [4.69, 9.17) is 0 Å². The first kappa shape index (κ1) is 12.2. The third-order valence-electron chi connectivity index (χ3n) is 3.49. The van der Waals surface area contributed by atoms with Crippen molar-refractivity contribution in [1.29, 1.82) is 0 Å². The van der Waals surface area contributed by atoms with Crippen molar-refractivity contribution in [1.82, 2.24) is 0 Å². The first-order valence-corrected chi connectivity index (χ1v) is 6.46. The van der Waals surface area contributed by atoms with E-state index in [1.807, 2.05) is 11.9 Å². The highest BCUT2D eigenvalue weighted by molar-refractivity contribution is 6.09. The monoisotopic (exact) mass is 231 g/mol. The van der Waals surface area contributed by atoms with Crippen molar-refractivity contribution in [3.63, 3.8) is 0 Å². The third kappa shape index (κ3) is 1.76. The molecule has 0 atom stereocenters. The predicted molar refractivity (Wildman–Crippen MR) is 71.5 cm³/mol. The number of carbonyl (C=O) groups excluding carboxylic acids is 1. The van der Waals surface area contributed by atoms with Crippen LogP contribution in [0, 0.1) is 6.92 Å². The molecule has 17 heavy (non-hydrogen) atoms. The number of rotatable bonds is 0. The Hall–Kier alpha value is -1.31. The van der Waals surface area contributed by atoms with Crippen LogP contribution in [-0.4, -0.2) is 13.0 Å². The van der Waals surface area contributed by atoms with Gasteiger partial charge in [0.15, 0.2) is 0 Å². The van der Waals surface area contributed by atoms with Crippen LogP contribution in [0.2, 0.25) is 0 Å². The molecule has 2 aliphatic rings. The molecule has 3 rings (SSSR count). The van der Waals surface area contributed by atoms with Gasteiger partial charge >= 0.3 is 0 Å². The second kappa shape index (κ2) is 4.17. The van der Waals surface area contributed by atoms with Crippen molar-refractivity contribution in [2.75, 3.05) is 11.9 Å². The minimum Gasteiger partial charge on any atom is -0.314 e. The zero-order chi connectivity index (χ0) is 12.6. The quantitative estimate of drug-likeness (QED) is 0.670. The summed E-state index contributed by atoms with van der Waals surface area (Å²) in [5, 5.41) is 0. The van der Waals surface area contributed by atoms with E-state index in [1.54, 1.807) is 0 Å². The summed E-state index contributed by atoms with van der Waals surface area (Å²) in [4.78, 5) is 13.8. The summed E-state index contributed by atoms with van der Waals surface area (Å²) in [6.07, 6.45) is 3.32. The number of aryl methyl sites for hydroxylation is 1. The second-order valence-electron chi connectivity index (χ2n) is 5.17. The lowest BCUT2D eigenvalue weighted by Gasteiger charge is -2.10. The van der Waals surface area contributed by atoms with Gasteiger partial charge < -0.3 is 4.90 Å². The molecule has 1 amide bonds. The largest absolute Gasteiger partial charge is 0.314 e. The van der Waals surface area contributed by atoms with Crippen molar-refractivity contribution in [3.05, 3.63) is 29.3 Å². The highest BCUT2D eigenvalue weighted by atomic mass is 16.2. The Balaban J connectivity index is 0.000000329. The molecule has 1 saturated carbocycles. The maximum absolute atomic E-state index is 12.0. The Morgan fingerprint density at radius 1 is 1.29 bits per heavy atom. The van der Waals surface area contributed by atoms with Gasteiger partial charge in [-0.2, -0.15) is 0 Å². The number of hydrogen-bond acceptors (Lipinski definition) is 1. The molecule has 1 aliphatic heterocycles. The zero-order valence-corrected chi connectivity index (χ0v) is 11.2. The molecule has 1 heterocycles. The van der Waals surface area contributed by atoms with E-state index >= 15 is 0 Å². The molecule has 92 valence electrons. The Labute approximate surface area is 104 Å². The van der Waals surface area contributed by atoms with Gasteiger partial charge in [-0.05, 0) is 37.0 Å². The molecule has 1 aliphatic carbocycles. The predicted octanol–water partition coefficient (Wildman–Crippen LogP) is 3.42. The fourth-order valence-electron chi connectivity index (χ4n) is 2.48. The van der Waals surface area contributed by atoms with Crippen molar-refractivity contribution < 1.29 is 4.79 Å². The summed E-state index contributed by atoms with van der Waals surface area (Å²) in [5.41, 5.74) is 3.47. The molecule has 0 bridgehead atoms. The maximum Gasteiger partial charge on any atom is 0.237 e. The van der Waals surface area contributed by atoms with Gasteiger partial charge in [0, 0.05) is 12.7 Å². The highest BCUT2D eigenvalue weighted by Gasteiger charge is 2.58. The van der Waals surface area contributed by atoms with Gasteiger partial charge in [0.05, 0.1) is 5.41 Å². The number of fused-ring (bicyclic) bond motifs is 2. The minimum atomic E-state index is -0.113. The van der Waals surface area contributed by atoms with E-state index in [0.717, 1.165) is 18.5 Å². The Morgan fingerprint density at radius 2 is 1.88 bits per heavy atom. The van der Waals surface area contributed by atoms with E-state index in [1.165, 1.54) is 17.5 Å². The van der Waals surface area contributed by atoms with Crippen molar-refractivity contribution >= 4 is 11.6 Å². The summed E-state index contributed by atoms with van der Waals surface area (Å²) >= 11 is 0. The lowest BCUT2D eigenvalue weighted by molar-refractivity contribution is -0.119. The smallest absolute Gasteiger partial charge is 0.237 e. The van der Waals surface area contributed by atoms with Gasteiger partial charge in [-0.1, -0.05) is 32.4 Å². The van der Waals surface area contributed by atoms with Crippen molar-refractivity contribution in [2.45, 2.75) is 45.4 Å². The first-order chi connectivity index (χ1) is 8.06. The number of carbonyl (C=O) groups is 1. The van der Waals surface area contributed by atoms with E-state index < -0.39 is 0 Å². The van der Waals surface area contributed by atoms with Crippen LogP contribution in [0.25, 0.3) is 0 Å². The van der Waals surface area contributed by atoms with E-state index in [2.05, 4.69) is 39.0 Å². The third-order valence-corrected chi connectivity index (χ3v) is 3.49. The van der Waals surface area contributed by atoms with E-state index in [9.17, 15) is 4.79 Å². The first-order valence-electron chi connectivity index (χ1n) is 6.46. The molecule has 0 saturated heterocycles. The number of amides is 1. The van der Waals surface area contributed by atoms with E-state index in [-0.39, 0.29) is 11.3 Å². The van der Waals surface area contributed by atoms with Crippen LogP contribution in [-0.2, 0) is 10.2 Å². The molecule has 2 heteroatoms. The lowest BCUT2D eigenvalue weighted by Crippen LogP contribution is -2.27. The number of nitrogens with zero attached hydrogens (tertiary/aromatic N) is 1. The average Bonchev–Trinajstić information content (AvgIpc) is 3.06. The van der Waals surface area contributed by atoms with Crippen molar-refractivity contribution in [3.8, 4) is 0 Å². The van der Waals surface area contributed by atoms with Crippen LogP contribution in [0.4, 0.5) is 5.69 Å². The molecule has 0 aromatic heterocycles. The summed E-state index contributed by atoms with van der Waals surface area (Å²) < 4.78 is 0. The second-order valence-corrected chi connectivity index (χ2v) is 5.17. The van der Waals surface area contributed by atoms with Gasteiger partial charge in [0.1, 0.15) is 0 Å². The molecule has 0 N–H and O–H groups in total. The fourth-order valence-corrected chi connectivity index (χ4v) is 2.48. The molecule has 2 nitrogen and oxygen atoms in total. The SMILES string of the molecule is CCC.Cc1ccc2c(c1)N(C)C(=O)C21CC1. The molecule has 0 radical (unpaired) electrons. The number of benzene rings is 1. The summed E-state index contributed by atoms with van der Waals surface area (Å²) in [6.45, 7) is 6.32. The average molecular weight is 231 g/mol. The molecule has 1 spiro atoms. The molecular weight excluding hydrogens is 210 g/mol. The van der Waals surface area contributed by atoms with Gasteiger partial charge in [0.25, 0.3) is 0 Å². The zero-order valence-electron chi connectivity index (χ0n) is 11.2. The van der Waals surface area contributed by atoms with Crippen LogP contribution in [0.3, 0.4) is 0 Å². The van der Waals surface area contributed by atoms with Gasteiger partial charge in [-0.25, -0.2) is 0 Å². The number of hydrogen-bond donors (Lipinski definition) is 0. The molecular formula is C15H21NO. The Kier molecular flexibility index (Phi) is 2.98. The Morgan fingerprint density at radius 3 is 2.41 bits per heavy atom.